The number of H-pyrrole nitrogens is 2. The van der Waals surface area contributed by atoms with Gasteiger partial charge in [0.05, 0.1) is 43.0 Å². The third kappa shape index (κ3) is 6.24. The molecule has 5 aromatic rings. The van der Waals surface area contributed by atoms with Crippen LogP contribution in [0.5, 0.6) is 0 Å². The first-order valence-corrected chi connectivity index (χ1v) is 19.0. The van der Waals surface area contributed by atoms with Gasteiger partial charge in [-0.3, -0.25) is 9.80 Å². The summed E-state index contributed by atoms with van der Waals surface area (Å²) in [6.07, 6.45) is 9.06. The first kappa shape index (κ1) is 33.7. The summed E-state index contributed by atoms with van der Waals surface area (Å²) in [4.78, 5) is 44.9. The second kappa shape index (κ2) is 13.1. The smallest absolute Gasteiger partial charge is 0.408 e. The van der Waals surface area contributed by atoms with Crippen LogP contribution in [0.2, 0.25) is 0 Å². The molecule has 11 nitrogen and oxygen atoms in total. The predicted octanol–water partition coefficient (Wildman–Crippen LogP) is 8.40. The highest BCUT2D eigenvalue weighted by molar-refractivity contribution is 5.90. The Morgan fingerprint density at radius 3 is 2.25 bits per heavy atom. The SMILES string of the molecule is COC(=O)NC(CN1CC2(CC2)CC1c1ncc(-c2ccc(-c3ccc4cc(-c5cnc(C6C7CCC(C7)N6C(=O)O)[nH]5)ccc4c3)cc2)[nH]1)C(C)C. The van der Waals surface area contributed by atoms with Crippen LogP contribution in [0.1, 0.15) is 76.1 Å². The van der Waals surface area contributed by atoms with Crippen molar-refractivity contribution in [2.45, 2.75) is 76.5 Å². The Morgan fingerprint density at radius 1 is 0.906 bits per heavy atom. The summed E-state index contributed by atoms with van der Waals surface area (Å²) in [6.45, 7) is 6.06. The maximum Gasteiger partial charge on any atom is 0.408 e. The Balaban J connectivity index is 0.895. The van der Waals surface area contributed by atoms with Gasteiger partial charge in [0.15, 0.2) is 0 Å². The number of methoxy groups -OCH3 is 1. The maximum atomic E-state index is 12.1. The fourth-order valence-corrected chi connectivity index (χ4v) is 9.37. The minimum atomic E-state index is -0.854. The van der Waals surface area contributed by atoms with E-state index < -0.39 is 6.09 Å². The number of fused-ring (bicyclic) bond motifs is 3. The van der Waals surface area contributed by atoms with Gasteiger partial charge >= 0.3 is 12.2 Å². The van der Waals surface area contributed by atoms with Gasteiger partial charge in [0.1, 0.15) is 11.6 Å². The van der Waals surface area contributed by atoms with E-state index in [9.17, 15) is 14.7 Å². The highest BCUT2D eigenvalue weighted by atomic mass is 16.5. The minimum Gasteiger partial charge on any atom is -0.465 e. The molecule has 4 aliphatic rings. The Morgan fingerprint density at radius 2 is 1.55 bits per heavy atom. The molecule has 9 rings (SSSR count). The summed E-state index contributed by atoms with van der Waals surface area (Å²) < 4.78 is 4.91. The zero-order valence-corrected chi connectivity index (χ0v) is 30.5. The first-order valence-electron chi connectivity index (χ1n) is 19.0. The maximum absolute atomic E-state index is 12.1. The van der Waals surface area contributed by atoms with Crippen molar-refractivity contribution in [3.63, 3.8) is 0 Å². The Bertz CT molecular complexity index is 2170. The molecule has 4 heterocycles. The number of amides is 2. The fraction of sp³-hybridized carbons (Fsp3) is 0.429. The molecule has 0 radical (unpaired) electrons. The number of nitrogens with one attached hydrogen (secondary N) is 3. The van der Waals surface area contributed by atoms with E-state index in [2.05, 4.69) is 99.7 Å². The van der Waals surface area contributed by atoms with Crippen LogP contribution in [0.15, 0.2) is 73.1 Å². The topological polar surface area (TPSA) is 139 Å². The van der Waals surface area contributed by atoms with E-state index in [4.69, 9.17) is 9.72 Å². The number of alkyl carbamates (subject to hydrolysis) is 1. The van der Waals surface area contributed by atoms with E-state index in [1.807, 2.05) is 12.4 Å². The molecule has 2 bridgehead atoms. The molecular weight excluding hydrogens is 667 g/mol. The second-order valence-electron chi connectivity index (χ2n) is 16.2. The molecule has 4 fully saturated rings. The van der Waals surface area contributed by atoms with Crippen LogP contribution >= 0.6 is 0 Å². The van der Waals surface area contributed by atoms with Gasteiger partial charge in [-0.25, -0.2) is 19.6 Å². The van der Waals surface area contributed by atoms with Crippen molar-refractivity contribution in [3.8, 4) is 33.6 Å². The Labute approximate surface area is 309 Å². The van der Waals surface area contributed by atoms with Crippen LogP contribution in [-0.4, -0.2) is 79.3 Å². The number of piperidine rings is 1. The van der Waals surface area contributed by atoms with Crippen molar-refractivity contribution in [1.82, 2.24) is 35.1 Å². The molecule has 4 N–H and O–H groups in total. The van der Waals surface area contributed by atoms with E-state index >= 15 is 0 Å². The average Bonchev–Trinajstić information content (AvgIpc) is 3.79. The molecule has 3 aromatic carbocycles. The number of carbonyl (C=O) groups excluding carboxylic acids is 1. The number of nitrogens with zero attached hydrogens (tertiary/aromatic N) is 4. The molecule has 53 heavy (non-hydrogen) atoms. The number of hydrogen-bond acceptors (Lipinski definition) is 6. The monoisotopic (exact) mass is 713 g/mol. The number of aromatic nitrogens is 4. The van der Waals surface area contributed by atoms with Crippen LogP contribution in [0.4, 0.5) is 9.59 Å². The van der Waals surface area contributed by atoms with Gasteiger partial charge in [0, 0.05) is 30.7 Å². The molecule has 274 valence electrons. The Hall–Kier alpha value is -5.16. The molecule has 5 unspecified atom stereocenters. The van der Waals surface area contributed by atoms with Gasteiger partial charge in [0.25, 0.3) is 0 Å². The van der Waals surface area contributed by atoms with Crippen molar-refractivity contribution in [2.24, 2.45) is 17.3 Å². The van der Waals surface area contributed by atoms with Crippen molar-refractivity contribution in [3.05, 3.63) is 84.7 Å². The van der Waals surface area contributed by atoms with Crippen molar-refractivity contribution < 1.29 is 19.4 Å². The van der Waals surface area contributed by atoms with Gasteiger partial charge in [-0.15, -0.1) is 0 Å². The number of imidazole rings is 2. The number of hydrogen-bond donors (Lipinski definition) is 4. The van der Waals surface area contributed by atoms with Crippen LogP contribution in [0.3, 0.4) is 0 Å². The van der Waals surface area contributed by atoms with Crippen molar-refractivity contribution in [2.75, 3.05) is 20.2 Å². The van der Waals surface area contributed by atoms with Crippen LogP contribution < -0.4 is 5.32 Å². The van der Waals surface area contributed by atoms with E-state index in [-0.39, 0.29) is 36.2 Å². The van der Waals surface area contributed by atoms with Gasteiger partial charge in [-0.2, -0.15) is 0 Å². The largest absolute Gasteiger partial charge is 0.465 e. The molecule has 2 aliphatic carbocycles. The number of likely N-dealkylation sites (tertiary alicyclic amines) is 2. The van der Waals surface area contributed by atoms with Crippen LogP contribution in [0, 0.1) is 17.3 Å². The predicted molar refractivity (Wildman–Crippen MR) is 203 cm³/mol. The molecule has 2 saturated heterocycles. The quantitative estimate of drug-likeness (QED) is 0.120. The first-order chi connectivity index (χ1) is 25.7. The fourth-order valence-electron chi connectivity index (χ4n) is 9.37. The lowest BCUT2D eigenvalue weighted by molar-refractivity contribution is 0.0991. The number of benzene rings is 3. The summed E-state index contributed by atoms with van der Waals surface area (Å²) in [5, 5.41) is 15.2. The Kier molecular flexibility index (Phi) is 8.29. The molecular formula is C42H47N7O4. The highest BCUT2D eigenvalue weighted by Crippen LogP contribution is 2.58. The summed E-state index contributed by atoms with van der Waals surface area (Å²) in [6, 6.07) is 21.7. The van der Waals surface area contributed by atoms with Gasteiger partial charge in [-0.1, -0.05) is 62.4 Å². The zero-order valence-electron chi connectivity index (χ0n) is 30.5. The summed E-state index contributed by atoms with van der Waals surface area (Å²) in [5.74, 6) is 2.35. The van der Waals surface area contributed by atoms with Gasteiger partial charge in [0.2, 0.25) is 0 Å². The van der Waals surface area contributed by atoms with E-state index in [1.165, 1.54) is 20.0 Å². The zero-order chi connectivity index (χ0) is 36.4. The van der Waals surface area contributed by atoms with Crippen LogP contribution in [-0.2, 0) is 4.74 Å². The van der Waals surface area contributed by atoms with Crippen LogP contribution in [0.25, 0.3) is 44.4 Å². The number of carboxylic acid groups (broad SMARTS) is 1. The lowest BCUT2D eigenvalue weighted by atomic mass is 9.98. The van der Waals surface area contributed by atoms with Gasteiger partial charge in [-0.05, 0) is 95.4 Å². The lowest BCUT2D eigenvalue weighted by Crippen LogP contribution is -2.46. The molecule has 2 aliphatic heterocycles. The molecule has 11 heteroatoms. The summed E-state index contributed by atoms with van der Waals surface area (Å²) in [7, 11) is 1.41. The van der Waals surface area contributed by atoms with Crippen molar-refractivity contribution in [1.29, 1.82) is 0 Å². The standard InChI is InChI=1S/C42H47N7O4/c1-24(2)35(47-40(50)53-3)22-48-23-42(14-15-42)19-36(48)38-43-20-33(45-38)26-6-4-25(5-7-26)27-8-9-29-17-30(11-10-28(29)16-27)34-21-44-39(46-34)37-31-12-13-32(18-31)49(37)41(51)52/h4-11,16-17,20-21,24,31-32,35-37H,12-15,18-19,22-23H2,1-3H3,(H,43,45)(H,44,46)(H,47,50)(H,51,52). The number of carbonyl (C=O) groups is 2. The molecule has 1 spiro atoms. The normalized spacial score (nSPS) is 23.7. The molecule has 2 amide bonds. The minimum absolute atomic E-state index is 0.00681. The molecule has 2 aromatic heterocycles. The third-order valence-corrected chi connectivity index (χ3v) is 12.6. The summed E-state index contributed by atoms with van der Waals surface area (Å²) >= 11 is 0. The molecule has 2 saturated carbocycles. The van der Waals surface area contributed by atoms with Gasteiger partial charge < -0.3 is 25.1 Å². The summed E-state index contributed by atoms with van der Waals surface area (Å²) in [5.41, 5.74) is 6.68. The number of rotatable bonds is 9. The second-order valence-corrected chi connectivity index (χ2v) is 16.2. The average molecular weight is 714 g/mol. The third-order valence-electron chi connectivity index (χ3n) is 12.6. The van der Waals surface area contributed by atoms with E-state index in [1.54, 1.807) is 4.90 Å². The highest BCUT2D eigenvalue weighted by Gasteiger charge is 2.53. The lowest BCUT2D eigenvalue weighted by Gasteiger charge is -2.31. The van der Waals surface area contributed by atoms with E-state index in [0.717, 1.165) is 94.8 Å². The molecule has 5 atom stereocenters. The number of ether oxygens (including phenoxy) is 1. The number of aromatic amines is 2. The van der Waals surface area contributed by atoms with E-state index in [0.29, 0.717) is 11.3 Å². The van der Waals surface area contributed by atoms with Crippen molar-refractivity contribution >= 4 is 23.0 Å².